The first kappa shape index (κ1) is 12.0. The Hall–Kier alpha value is -0.450. The molecule has 0 bridgehead atoms. The predicted molar refractivity (Wildman–Crippen MR) is 66.6 cm³/mol. The van der Waals surface area contributed by atoms with Crippen LogP contribution in [0.2, 0.25) is 0 Å². The van der Waals surface area contributed by atoms with Gasteiger partial charge < -0.3 is 10.5 Å². The molecule has 2 heterocycles. The van der Waals surface area contributed by atoms with Gasteiger partial charge in [-0.05, 0) is 33.1 Å². The zero-order chi connectivity index (χ0) is 11.8. The summed E-state index contributed by atoms with van der Waals surface area (Å²) in [6.07, 6.45) is 3.40. The van der Waals surface area contributed by atoms with Crippen molar-refractivity contribution >= 4 is 11.3 Å². The normalized spacial score (nSPS) is 21.6. The number of nitrogens with two attached hydrogens (primary N) is 1. The molecule has 0 aliphatic carbocycles. The molecule has 3 nitrogen and oxygen atoms in total. The summed E-state index contributed by atoms with van der Waals surface area (Å²) in [7, 11) is 0. The average molecular weight is 240 g/mol. The van der Waals surface area contributed by atoms with E-state index < -0.39 is 0 Å². The van der Waals surface area contributed by atoms with Crippen molar-refractivity contribution in [2.24, 2.45) is 5.73 Å². The Balaban J connectivity index is 2.31. The Morgan fingerprint density at radius 3 is 2.75 bits per heavy atom. The van der Waals surface area contributed by atoms with E-state index in [0.29, 0.717) is 0 Å². The lowest BCUT2D eigenvalue weighted by Crippen LogP contribution is -2.28. The zero-order valence-electron chi connectivity index (χ0n) is 10.2. The largest absolute Gasteiger partial charge is 0.371 e. The second kappa shape index (κ2) is 4.43. The molecule has 2 N–H and O–H groups in total. The zero-order valence-corrected chi connectivity index (χ0v) is 11.1. The summed E-state index contributed by atoms with van der Waals surface area (Å²) in [5, 5.41) is 1.11. The lowest BCUT2D eigenvalue weighted by molar-refractivity contribution is 0.111. The minimum atomic E-state index is -0.292. The van der Waals surface area contributed by atoms with Crippen LogP contribution >= 0.6 is 11.3 Å². The molecule has 1 aromatic rings. The van der Waals surface area contributed by atoms with Gasteiger partial charge in [-0.2, -0.15) is 0 Å². The number of hydrogen-bond donors (Lipinski definition) is 1. The number of aryl methyl sites for hydroxylation is 1. The third-order valence-electron chi connectivity index (χ3n) is 2.84. The van der Waals surface area contributed by atoms with Crippen LogP contribution in [0.25, 0.3) is 0 Å². The molecule has 1 unspecified atom stereocenters. The summed E-state index contributed by atoms with van der Waals surface area (Å²) in [6, 6.07) is 0. The molecule has 0 radical (unpaired) electrons. The minimum Gasteiger partial charge on any atom is -0.371 e. The van der Waals surface area contributed by atoms with Crippen LogP contribution < -0.4 is 5.73 Å². The maximum absolute atomic E-state index is 6.17. The van der Waals surface area contributed by atoms with Crippen molar-refractivity contribution in [1.29, 1.82) is 0 Å². The van der Waals surface area contributed by atoms with Crippen LogP contribution in [-0.4, -0.2) is 11.6 Å². The van der Waals surface area contributed by atoms with Gasteiger partial charge in [0.25, 0.3) is 0 Å². The maximum Gasteiger partial charge on any atom is 0.122 e. The van der Waals surface area contributed by atoms with Crippen molar-refractivity contribution < 1.29 is 4.74 Å². The Kier molecular flexibility index (Phi) is 3.33. The van der Waals surface area contributed by atoms with Gasteiger partial charge in [-0.15, -0.1) is 11.3 Å². The summed E-state index contributed by atoms with van der Waals surface area (Å²) in [5.41, 5.74) is 7.02. The van der Waals surface area contributed by atoms with E-state index >= 15 is 0 Å². The average Bonchev–Trinajstić information content (AvgIpc) is 2.85. The molecule has 0 spiro atoms. The number of aromatic nitrogens is 1. The standard InChI is InChI=1S/C12H20N2OS/c1-4-8-10(12(2,3)13)16-11(14-8)9-6-5-7-15-9/h9H,4-7,13H2,1-3H3. The highest BCUT2D eigenvalue weighted by Crippen LogP contribution is 2.36. The molecule has 16 heavy (non-hydrogen) atoms. The quantitative estimate of drug-likeness (QED) is 0.883. The predicted octanol–water partition coefficient (Wildman–Crippen LogP) is 2.75. The SMILES string of the molecule is CCc1nc(C2CCCO2)sc1C(C)(C)N. The van der Waals surface area contributed by atoms with Crippen molar-refractivity contribution in [2.75, 3.05) is 6.61 Å². The Labute approximate surface area is 101 Å². The molecule has 1 saturated heterocycles. The summed E-state index contributed by atoms with van der Waals surface area (Å²) < 4.78 is 5.67. The van der Waals surface area contributed by atoms with Gasteiger partial charge in [-0.3, -0.25) is 0 Å². The molecule has 1 fully saturated rings. The number of ether oxygens (including phenoxy) is 1. The van der Waals surface area contributed by atoms with Crippen molar-refractivity contribution in [3.63, 3.8) is 0 Å². The Morgan fingerprint density at radius 1 is 1.56 bits per heavy atom. The number of thiazole rings is 1. The van der Waals surface area contributed by atoms with E-state index in [-0.39, 0.29) is 11.6 Å². The lowest BCUT2D eigenvalue weighted by Gasteiger charge is -2.17. The lowest BCUT2D eigenvalue weighted by atomic mass is 10.0. The fourth-order valence-electron chi connectivity index (χ4n) is 2.02. The molecule has 1 aliphatic rings. The molecule has 0 aromatic carbocycles. The highest BCUT2D eigenvalue weighted by atomic mass is 32.1. The second-order valence-electron chi connectivity index (χ2n) is 4.90. The molecule has 90 valence electrons. The number of nitrogens with zero attached hydrogens (tertiary/aromatic N) is 1. The van der Waals surface area contributed by atoms with Crippen LogP contribution in [0, 0.1) is 0 Å². The van der Waals surface area contributed by atoms with Gasteiger partial charge in [0, 0.05) is 17.0 Å². The first-order chi connectivity index (χ1) is 7.52. The maximum atomic E-state index is 6.17. The Morgan fingerprint density at radius 2 is 2.31 bits per heavy atom. The smallest absolute Gasteiger partial charge is 0.122 e. The molecule has 1 aromatic heterocycles. The minimum absolute atomic E-state index is 0.214. The summed E-state index contributed by atoms with van der Waals surface area (Å²) in [6.45, 7) is 7.08. The molecule has 1 atom stereocenters. The highest BCUT2D eigenvalue weighted by Gasteiger charge is 2.27. The monoisotopic (exact) mass is 240 g/mol. The number of hydrogen-bond acceptors (Lipinski definition) is 4. The van der Waals surface area contributed by atoms with Crippen LogP contribution in [0.4, 0.5) is 0 Å². The van der Waals surface area contributed by atoms with E-state index in [1.54, 1.807) is 11.3 Å². The van der Waals surface area contributed by atoms with Gasteiger partial charge in [0.15, 0.2) is 0 Å². The van der Waals surface area contributed by atoms with E-state index in [2.05, 4.69) is 6.92 Å². The van der Waals surface area contributed by atoms with Gasteiger partial charge in [-0.25, -0.2) is 4.98 Å². The fraction of sp³-hybridized carbons (Fsp3) is 0.750. The first-order valence-electron chi connectivity index (χ1n) is 5.93. The third-order valence-corrected chi connectivity index (χ3v) is 4.37. The molecule has 0 amide bonds. The van der Waals surface area contributed by atoms with E-state index in [4.69, 9.17) is 15.5 Å². The van der Waals surface area contributed by atoms with Gasteiger partial charge in [0.1, 0.15) is 11.1 Å². The van der Waals surface area contributed by atoms with E-state index in [9.17, 15) is 0 Å². The van der Waals surface area contributed by atoms with Gasteiger partial charge in [0.2, 0.25) is 0 Å². The van der Waals surface area contributed by atoms with Gasteiger partial charge >= 0.3 is 0 Å². The van der Waals surface area contributed by atoms with Crippen LogP contribution in [0.5, 0.6) is 0 Å². The van der Waals surface area contributed by atoms with Crippen molar-refractivity contribution in [2.45, 2.75) is 51.7 Å². The van der Waals surface area contributed by atoms with Crippen LogP contribution in [0.15, 0.2) is 0 Å². The fourth-order valence-corrected chi connectivity index (χ4v) is 3.28. The van der Waals surface area contributed by atoms with Crippen molar-refractivity contribution in [3.8, 4) is 0 Å². The van der Waals surface area contributed by atoms with Gasteiger partial charge in [0.05, 0.1) is 5.69 Å². The van der Waals surface area contributed by atoms with Gasteiger partial charge in [-0.1, -0.05) is 6.92 Å². The van der Waals surface area contributed by atoms with Crippen molar-refractivity contribution in [3.05, 3.63) is 15.6 Å². The molecular formula is C12H20N2OS. The van der Waals surface area contributed by atoms with Crippen LogP contribution in [0.3, 0.4) is 0 Å². The topological polar surface area (TPSA) is 48.1 Å². The Bertz CT molecular complexity index is 362. The third kappa shape index (κ3) is 2.29. The molecular weight excluding hydrogens is 220 g/mol. The van der Waals surface area contributed by atoms with Crippen LogP contribution in [-0.2, 0) is 16.7 Å². The summed E-state index contributed by atoms with van der Waals surface area (Å²) in [5.74, 6) is 0. The first-order valence-corrected chi connectivity index (χ1v) is 6.74. The molecule has 4 heteroatoms. The summed E-state index contributed by atoms with van der Waals surface area (Å²) in [4.78, 5) is 5.90. The van der Waals surface area contributed by atoms with Crippen molar-refractivity contribution in [1.82, 2.24) is 4.98 Å². The van der Waals surface area contributed by atoms with Crippen LogP contribution in [0.1, 0.15) is 55.3 Å². The summed E-state index contributed by atoms with van der Waals surface area (Å²) >= 11 is 1.73. The molecule has 1 aliphatic heterocycles. The highest BCUT2D eigenvalue weighted by molar-refractivity contribution is 7.12. The van der Waals surface area contributed by atoms with E-state index in [1.165, 1.54) is 4.88 Å². The van der Waals surface area contributed by atoms with E-state index in [1.807, 2.05) is 13.8 Å². The second-order valence-corrected chi connectivity index (χ2v) is 5.94. The molecule has 0 saturated carbocycles. The molecule has 2 rings (SSSR count). The number of rotatable bonds is 3. The van der Waals surface area contributed by atoms with E-state index in [0.717, 1.165) is 36.6 Å².